The minimum atomic E-state index is -4.86. The van der Waals surface area contributed by atoms with E-state index in [9.17, 15) is 31.9 Å². The molecule has 1 aliphatic rings. The lowest BCUT2D eigenvalue weighted by Crippen LogP contribution is -2.51. The fraction of sp³-hybridized carbons (Fsp3) is 0.323. The van der Waals surface area contributed by atoms with Gasteiger partial charge in [-0.25, -0.2) is 14.0 Å². The molecule has 0 aliphatic carbocycles. The van der Waals surface area contributed by atoms with Crippen LogP contribution in [0.3, 0.4) is 0 Å². The highest BCUT2D eigenvalue weighted by Gasteiger charge is 2.35. The zero-order chi connectivity index (χ0) is 31.6. The Kier molecular flexibility index (Phi) is 8.88. The van der Waals surface area contributed by atoms with Crippen molar-refractivity contribution in [1.29, 1.82) is 0 Å². The zero-order valence-corrected chi connectivity index (χ0v) is 23.9. The Balaban J connectivity index is 1.54. The Morgan fingerprint density at radius 1 is 0.864 bits per heavy atom. The highest BCUT2D eigenvalue weighted by Crippen LogP contribution is 2.33. The molecule has 3 heterocycles. The van der Waals surface area contributed by atoms with Crippen LogP contribution in [0.5, 0.6) is 0 Å². The Morgan fingerprint density at radius 2 is 1.55 bits per heavy atom. The maximum absolute atomic E-state index is 14.9. The Bertz CT molecular complexity index is 1810. The van der Waals surface area contributed by atoms with Crippen LogP contribution in [0.25, 0.3) is 0 Å². The summed E-state index contributed by atoms with van der Waals surface area (Å²) in [5.74, 6) is -0.633. The SMILES string of the molecule is Cc1c(N2CCN(Cc3cccc(=O)o3)CC2)c(=O)n(CC(N)c2ccccc2)c(=O)n1Cc1c(F)cccc1C(F)(F)F. The van der Waals surface area contributed by atoms with E-state index in [4.69, 9.17) is 10.2 Å². The van der Waals surface area contributed by atoms with Gasteiger partial charge in [-0.1, -0.05) is 42.5 Å². The van der Waals surface area contributed by atoms with E-state index in [0.29, 0.717) is 44.0 Å². The molecule has 1 atom stereocenters. The highest BCUT2D eigenvalue weighted by atomic mass is 19.4. The second-order valence-electron chi connectivity index (χ2n) is 10.7. The van der Waals surface area contributed by atoms with Crippen molar-refractivity contribution < 1.29 is 22.0 Å². The second-order valence-corrected chi connectivity index (χ2v) is 10.7. The van der Waals surface area contributed by atoms with Crippen molar-refractivity contribution in [1.82, 2.24) is 14.0 Å². The molecule has 0 amide bonds. The van der Waals surface area contributed by atoms with Crippen LogP contribution in [0.2, 0.25) is 0 Å². The van der Waals surface area contributed by atoms with E-state index < -0.39 is 52.6 Å². The first-order chi connectivity index (χ1) is 20.9. The molecule has 232 valence electrons. The van der Waals surface area contributed by atoms with Crippen molar-refractivity contribution in [3.8, 4) is 0 Å². The van der Waals surface area contributed by atoms with Gasteiger partial charge in [-0.3, -0.25) is 18.8 Å². The number of hydrogen-bond donors (Lipinski definition) is 1. The largest absolute Gasteiger partial charge is 0.427 e. The molecule has 1 aliphatic heterocycles. The normalized spacial score (nSPS) is 15.0. The standard InChI is InChI=1S/C31H31F4N5O4/c1-20-28(38-15-13-37(14-16-38)17-22-9-5-12-27(41)44-22)29(42)40(19-26(36)21-7-3-2-4-8-21)30(43)39(20)18-23-24(31(33,34)35)10-6-11-25(23)32/h2-12,26H,13-19,36H2,1H3. The topological polar surface area (TPSA) is 107 Å². The predicted octanol–water partition coefficient (Wildman–Crippen LogP) is 3.50. The van der Waals surface area contributed by atoms with Crippen molar-refractivity contribution in [3.05, 3.63) is 132 Å². The summed E-state index contributed by atoms with van der Waals surface area (Å²) in [4.78, 5) is 43.1. The number of alkyl halides is 3. The first-order valence-electron chi connectivity index (χ1n) is 14.0. The van der Waals surface area contributed by atoms with E-state index in [2.05, 4.69) is 0 Å². The van der Waals surface area contributed by atoms with Gasteiger partial charge in [0.1, 0.15) is 17.3 Å². The van der Waals surface area contributed by atoms with Crippen molar-refractivity contribution in [2.75, 3.05) is 31.1 Å². The number of piperazine rings is 1. The van der Waals surface area contributed by atoms with E-state index in [0.717, 1.165) is 27.3 Å². The van der Waals surface area contributed by atoms with Crippen LogP contribution in [-0.4, -0.2) is 40.2 Å². The molecule has 0 bridgehead atoms. The number of rotatable bonds is 8. The van der Waals surface area contributed by atoms with E-state index in [1.165, 1.54) is 13.0 Å². The molecule has 4 aromatic rings. The third kappa shape index (κ3) is 6.53. The van der Waals surface area contributed by atoms with Gasteiger partial charge < -0.3 is 15.1 Å². The molecule has 5 rings (SSSR count). The van der Waals surface area contributed by atoms with Crippen molar-refractivity contribution in [2.45, 2.75) is 38.8 Å². The number of hydrogen-bond acceptors (Lipinski definition) is 7. The van der Waals surface area contributed by atoms with Gasteiger partial charge >= 0.3 is 17.5 Å². The summed E-state index contributed by atoms with van der Waals surface area (Å²) in [6.07, 6.45) is -4.86. The molecule has 1 saturated heterocycles. The van der Waals surface area contributed by atoms with Gasteiger partial charge in [-0.2, -0.15) is 13.2 Å². The van der Waals surface area contributed by atoms with Crippen LogP contribution in [0.4, 0.5) is 23.2 Å². The van der Waals surface area contributed by atoms with Gasteiger partial charge in [0.2, 0.25) is 0 Å². The van der Waals surface area contributed by atoms with Crippen molar-refractivity contribution in [3.63, 3.8) is 0 Å². The predicted molar refractivity (Wildman–Crippen MR) is 156 cm³/mol. The summed E-state index contributed by atoms with van der Waals surface area (Å²) in [7, 11) is 0. The first-order valence-corrected chi connectivity index (χ1v) is 14.0. The van der Waals surface area contributed by atoms with Gasteiger partial charge in [0.05, 0.1) is 25.2 Å². The smallest absolute Gasteiger partial charge is 0.416 e. The van der Waals surface area contributed by atoms with Gasteiger partial charge in [0.25, 0.3) is 5.56 Å². The Labute approximate surface area is 249 Å². The molecule has 9 nitrogen and oxygen atoms in total. The molecule has 1 fully saturated rings. The fourth-order valence-electron chi connectivity index (χ4n) is 5.51. The summed E-state index contributed by atoms with van der Waals surface area (Å²) in [5.41, 5.74) is 3.37. The summed E-state index contributed by atoms with van der Waals surface area (Å²) in [6.45, 7) is 2.45. The lowest BCUT2D eigenvalue weighted by atomic mass is 10.1. The molecule has 2 N–H and O–H groups in total. The van der Waals surface area contributed by atoms with Crippen LogP contribution in [0.1, 0.15) is 34.2 Å². The average Bonchev–Trinajstić information content (AvgIpc) is 2.99. The fourth-order valence-corrected chi connectivity index (χ4v) is 5.51. The molecule has 2 aromatic carbocycles. The maximum Gasteiger partial charge on any atom is 0.416 e. The Hall–Kier alpha value is -4.49. The van der Waals surface area contributed by atoms with Crippen LogP contribution in [0, 0.1) is 12.7 Å². The second kappa shape index (κ2) is 12.6. The lowest BCUT2D eigenvalue weighted by molar-refractivity contribution is -0.138. The van der Waals surface area contributed by atoms with Gasteiger partial charge in [-0.15, -0.1) is 0 Å². The van der Waals surface area contributed by atoms with Gasteiger partial charge in [-0.05, 0) is 30.7 Å². The van der Waals surface area contributed by atoms with Crippen LogP contribution in [-0.2, 0) is 25.8 Å². The Morgan fingerprint density at radius 3 is 2.20 bits per heavy atom. The third-order valence-corrected chi connectivity index (χ3v) is 7.82. The molecule has 1 unspecified atom stereocenters. The molecule has 0 spiro atoms. The number of halogens is 4. The van der Waals surface area contributed by atoms with E-state index in [-0.39, 0.29) is 17.9 Å². The van der Waals surface area contributed by atoms with Crippen molar-refractivity contribution in [2.24, 2.45) is 5.73 Å². The monoisotopic (exact) mass is 613 g/mol. The first kappa shape index (κ1) is 31.0. The lowest BCUT2D eigenvalue weighted by Gasteiger charge is -2.36. The number of nitrogens with two attached hydrogens (primary N) is 1. The average molecular weight is 614 g/mol. The summed E-state index contributed by atoms with van der Waals surface area (Å²) < 4.78 is 63.6. The van der Waals surface area contributed by atoms with Crippen LogP contribution in [0.15, 0.2) is 85.5 Å². The van der Waals surface area contributed by atoms with Gasteiger partial charge in [0, 0.05) is 49.5 Å². The number of aromatic nitrogens is 2. The quantitative estimate of drug-likeness (QED) is 0.303. The number of benzene rings is 2. The number of nitrogens with zero attached hydrogens (tertiary/aromatic N) is 4. The van der Waals surface area contributed by atoms with Gasteiger partial charge in [0.15, 0.2) is 0 Å². The maximum atomic E-state index is 14.9. The summed E-state index contributed by atoms with van der Waals surface area (Å²) >= 11 is 0. The van der Waals surface area contributed by atoms with E-state index in [1.807, 2.05) is 4.90 Å². The zero-order valence-electron chi connectivity index (χ0n) is 23.9. The van der Waals surface area contributed by atoms with Crippen LogP contribution >= 0.6 is 0 Å². The number of anilines is 1. The van der Waals surface area contributed by atoms with E-state index in [1.54, 1.807) is 47.4 Å². The van der Waals surface area contributed by atoms with Crippen LogP contribution < -0.4 is 27.5 Å². The molecular weight excluding hydrogens is 582 g/mol. The molecule has 0 radical (unpaired) electrons. The third-order valence-electron chi connectivity index (χ3n) is 7.82. The summed E-state index contributed by atoms with van der Waals surface area (Å²) in [5, 5.41) is 0. The minimum Gasteiger partial charge on any atom is -0.427 e. The molecular formula is C31H31F4N5O4. The molecule has 13 heteroatoms. The van der Waals surface area contributed by atoms with Crippen molar-refractivity contribution >= 4 is 5.69 Å². The molecule has 44 heavy (non-hydrogen) atoms. The highest BCUT2D eigenvalue weighted by molar-refractivity contribution is 5.50. The summed E-state index contributed by atoms with van der Waals surface area (Å²) in [6, 6.07) is 15.2. The molecule has 0 saturated carbocycles. The minimum absolute atomic E-state index is 0.114. The molecule has 2 aromatic heterocycles. The van der Waals surface area contributed by atoms with E-state index >= 15 is 0 Å².